The van der Waals surface area contributed by atoms with Crippen LogP contribution < -0.4 is 19.8 Å². The number of fused-ring (bicyclic) bond motifs is 6. The standard InChI is InChI=1S/C24H30N6O4S/c1-24(2)14-16-6-4-12-25-18-7-3-8-20(26-18)35(33,34)28-23(32)17-10-11-19(27-22(17)30(24)15-16)29-13-5-9-21(29)31/h3,7-8,10-11,16H,4-6,9,12-15H2,1-2H3,(H,25,26)(H,28,32)/t16-/m0/s1. The van der Waals surface area contributed by atoms with E-state index in [1.54, 1.807) is 29.2 Å². The molecule has 5 rings (SSSR count). The maximum atomic E-state index is 13.4. The van der Waals surface area contributed by atoms with E-state index < -0.39 is 15.9 Å². The number of carbonyl (C=O) groups is 2. The van der Waals surface area contributed by atoms with E-state index in [9.17, 15) is 18.0 Å². The van der Waals surface area contributed by atoms with Gasteiger partial charge in [0, 0.05) is 31.6 Å². The van der Waals surface area contributed by atoms with Crippen LogP contribution in [0.15, 0.2) is 35.4 Å². The highest BCUT2D eigenvalue weighted by Gasteiger charge is 2.41. The second-order valence-corrected chi connectivity index (χ2v) is 11.7. The quantitative estimate of drug-likeness (QED) is 0.615. The molecule has 2 amide bonds. The Kier molecular flexibility index (Phi) is 5.90. The van der Waals surface area contributed by atoms with Crippen LogP contribution >= 0.6 is 0 Å². The zero-order valence-corrected chi connectivity index (χ0v) is 20.8. The molecule has 0 radical (unpaired) electrons. The topological polar surface area (TPSA) is 125 Å². The van der Waals surface area contributed by atoms with Crippen LogP contribution in [0, 0.1) is 5.92 Å². The third-order valence-corrected chi connectivity index (χ3v) is 8.22. The summed E-state index contributed by atoms with van der Waals surface area (Å²) in [6.07, 6.45) is 4.00. The second-order valence-electron chi connectivity index (χ2n) is 10.0. The molecule has 4 bridgehead atoms. The lowest BCUT2D eigenvalue weighted by Gasteiger charge is -2.34. The van der Waals surface area contributed by atoms with Gasteiger partial charge in [0.05, 0.1) is 5.56 Å². The number of nitrogens with one attached hydrogen (secondary N) is 2. The van der Waals surface area contributed by atoms with Crippen molar-refractivity contribution in [2.45, 2.75) is 56.5 Å². The van der Waals surface area contributed by atoms with Crippen molar-refractivity contribution in [1.82, 2.24) is 14.7 Å². The summed E-state index contributed by atoms with van der Waals surface area (Å²) in [7, 11) is -4.21. The first-order valence-electron chi connectivity index (χ1n) is 12.0. The Morgan fingerprint density at radius 1 is 1.09 bits per heavy atom. The summed E-state index contributed by atoms with van der Waals surface area (Å²) in [5, 5.41) is 2.96. The number of hydrogen-bond acceptors (Lipinski definition) is 8. The molecule has 2 N–H and O–H groups in total. The average molecular weight is 499 g/mol. The Hall–Kier alpha value is -3.21. The summed E-state index contributed by atoms with van der Waals surface area (Å²) in [6.45, 7) is 6.15. The maximum Gasteiger partial charge on any atom is 0.281 e. The number of sulfonamides is 1. The molecule has 3 aliphatic rings. The predicted molar refractivity (Wildman–Crippen MR) is 132 cm³/mol. The Morgan fingerprint density at radius 3 is 2.69 bits per heavy atom. The average Bonchev–Trinajstić information content (AvgIpc) is 3.37. The lowest BCUT2D eigenvalue weighted by atomic mass is 9.93. The number of carbonyl (C=O) groups excluding carboxylic acids is 2. The molecule has 2 aromatic rings. The molecule has 0 spiro atoms. The number of anilines is 3. The van der Waals surface area contributed by atoms with Gasteiger partial charge in [-0.15, -0.1) is 0 Å². The van der Waals surface area contributed by atoms with Gasteiger partial charge in [-0.3, -0.25) is 14.5 Å². The maximum absolute atomic E-state index is 13.4. The summed E-state index contributed by atoms with van der Waals surface area (Å²) in [5.74, 6) is 0.940. The first-order chi connectivity index (χ1) is 16.6. The van der Waals surface area contributed by atoms with E-state index in [1.807, 2.05) is 0 Å². The van der Waals surface area contributed by atoms with E-state index in [-0.39, 0.29) is 22.0 Å². The lowest BCUT2D eigenvalue weighted by molar-refractivity contribution is -0.117. The summed E-state index contributed by atoms with van der Waals surface area (Å²) in [5.41, 5.74) is -0.142. The van der Waals surface area contributed by atoms with Crippen molar-refractivity contribution in [1.29, 1.82) is 0 Å². The van der Waals surface area contributed by atoms with Crippen molar-refractivity contribution in [2.24, 2.45) is 5.92 Å². The van der Waals surface area contributed by atoms with E-state index >= 15 is 0 Å². The van der Waals surface area contributed by atoms with E-state index in [1.165, 1.54) is 6.07 Å². The van der Waals surface area contributed by atoms with Gasteiger partial charge < -0.3 is 10.2 Å². The largest absolute Gasteiger partial charge is 0.370 e. The van der Waals surface area contributed by atoms with Crippen molar-refractivity contribution >= 4 is 39.3 Å². The van der Waals surface area contributed by atoms with Gasteiger partial charge in [-0.2, -0.15) is 8.42 Å². The van der Waals surface area contributed by atoms with Crippen molar-refractivity contribution in [2.75, 3.05) is 34.8 Å². The third kappa shape index (κ3) is 4.56. The Balaban J connectivity index is 1.60. The van der Waals surface area contributed by atoms with Crippen LogP contribution in [0.2, 0.25) is 0 Å². The minimum absolute atomic E-state index is 0.00126. The lowest BCUT2D eigenvalue weighted by Crippen LogP contribution is -2.41. The number of rotatable bonds is 1. The molecular formula is C24H30N6O4S. The molecule has 5 heterocycles. The van der Waals surface area contributed by atoms with Crippen molar-refractivity contribution in [3.8, 4) is 0 Å². The van der Waals surface area contributed by atoms with E-state index in [0.29, 0.717) is 49.4 Å². The monoisotopic (exact) mass is 498 g/mol. The molecule has 0 aliphatic carbocycles. The normalized spacial score (nSPS) is 23.7. The molecule has 35 heavy (non-hydrogen) atoms. The minimum Gasteiger partial charge on any atom is -0.370 e. The predicted octanol–water partition coefficient (Wildman–Crippen LogP) is 2.53. The fourth-order valence-electron chi connectivity index (χ4n) is 5.31. The Morgan fingerprint density at radius 2 is 1.91 bits per heavy atom. The molecule has 3 aliphatic heterocycles. The van der Waals surface area contributed by atoms with Gasteiger partial charge in [0.1, 0.15) is 17.5 Å². The van der Waals surface area contributed by atoms with Crippen LogP contribution in [0.5, 0.6) is 0 Å². The Labute approximate surface area is 205 Å². The van der Waals surface area contributed by atoms with Crippen LogP contribution in [0.25, 0.3) is 0 Å². The fraction of sp³-hybridized carbons (Fsp3) is 0.500. The smallest absolute Gasteiger partial charge is 0.281 e. The van der Waals surface area contributed by atoms with Crippen LogP contribution in [0.3, 0.4) is 0 Å². The second kappa shape index (κ2) is 8.78. The molecule has 2 saturated heterocycles. The van der Waals surface area contributed by atoms with Gasteiger partial charge in [0.25, 0.3) is 15.9 Å². The number of nitrogens with zero attached hydrogens (tertiary/aromatic N) is 4. The molecular weight excluding hydrogens is 468 g/mol. The highest BCUT2D eigenvalue weighted by molar-refractivity contribution is 7.90. The summed E-state index contributed by atoms with van der Waals surface area (Å²) >= 11 is 0. The molecule has 186 valence electrons. The molecule has 2 aromatic heterocycles. The zero-order chi connectivity index (χ0) is 24.8. The molecule has 10 nitrogen and oxygen atoms in total. The van der Waals surface area contributed by atoms with Gasteiger partial charge in [-0.1, -0.05) is 6.07 Å². The summed E-state index contributed by atoms with van der Waals surface area (Å²) in [6, 6.07) is 7.85. The zero-order valence-electron chi connectivity index (χ0n) is 20.0. The van der Waals surface area contributed by atoms with Gasteiger partial charge in [0.15, 0.2) is 5.03 Å². The first-order valence-corrected chi connectivity index (χ1v) is 13.5. The first kappa shape index (κ1) is 23.5. The summed E-state index contributed by atoms with van der Waals surface area (Å²) < 4.78 is 28.2. The van der Waals surface area contributed by atoms with Crippen LogP contribution in [-0.2, 0) is 14.8 Å². The highest BCUT2D eigenvalue weighted by atomic mass is 32.2. The third-order valence-electron chi connectivity index (χ3n) is 6.99. The molecule has 0 unspecified atom stereocenters. The van der Waals surface area contributed by atoms with Crippen molar-refractivity contribution in [3.63, 3.8) is 0 Å². The molecule has 2 fully saturated rings. The van der Waals surface area contributed by atoms with Crippen LogP contribution in [0.4, 0.5) is 17.5 Å². The van der Waals surface area contributed by atoms with Gasteiger partial charge in [-0.25, -0.2) is 14.7 Å². The van der Waals surface area contributed by atoms with Gasteiger partial charge in [-0.05, 0) is 69.7 Å². The van der Waals surface area contributed by atoms with Gasteiger partial charge >= 0.3 is 0 Å². The van der Waals surface area contributed by atoms with E-state index in [4.69, 9.17) is 4.98 Å². The SMILES string of the molecule is CC1(C)C[C@@H]2CCCNc3cccc(n3)S(=O)(=O)NC(=O)c3ccc(N4CCCC4=O)nc3N1C2. The molecule has 0 saturated carbocycles. The molecule has 1 atom stereocenters. The fourth-order valence-corrected chi connectivity index (χ4v) is 6.25. The number of pyridine rings is 2. The van der Waals surface area contributed by atoms with Crippen molar-refractivity contribution < 1.29 is 18.0 Å². The summed E-state index contributed by atoms with van der Waals surface area (Å²) in [4.78, 5) is 38.4. The van der Waals surface area contributed by atoms with Crippen LogP contribution in [0.1, 0.15) is 56.3 Å². The number of hydrogen-bond donors (Lipinski definition) is 2. The Bertz CT molecular complexity index is 1280. The molecule has 0 aromatic carbocycles. The van der Waals surface area contributed by atoms with Crippen molar-refractivity contribution in [3.05, 3.63) is 35.9 Å². The van der Waals surface area contributed by atoms with E-state index in [0.717, 1.165) is 25.7 Å². The van der Waals surface area contributed by atoms with Crippen LogP contribution in [-0.4, -0.2) is 55.4 Å². The molecule has 11 heteroatoms. The highest BCUT2D eigenvalue weighted by Crippen LogP contribution is 2.40. The van der Waals surface area contributed by atoms with Gasteiger partial charge in [0.2, 0.25) is 5.91 Å². The minimum atomic E-state index is -4.21. The van der Waals surface area contributed by atoms with E-state index in [2.05, 4.69) is 33.8 Å². The number of aromatic nitrogens is 2. The number of amides is 2.